The third-order valence-electron chi connectivity index (χ3n) is 1.71. The van der Waals surface area contributed by atoms with Crippen molar-refractivity contribution in [2.75, 3.05) is 5.73 Å². The lowest BCUT2D eigenvalue weighted by atomic mass is 10.1. The van der Waals surface area contributed by atoms with Gasteiger partial charge in [-0.25, -0.2) is 0 Å². The summed E-state index contributed by atoms with van der Waals surface area (Å²) in [5.41, 5.74) is 3.74. The number of rotatable bonds is 2. The molecule has 1 nitrogen and oxygen atoms in total. The third kappa shape index (κ3) is 2.93. The van der Waals surface area contributed by atoms with E-state index in [1.54, 1.807) is 15.9 Å². The number of benzene rings is 1. The van der Waals surface area contributed by atoms with Crippen molar-refractivity contribution in [3.05, 3.63) is 28.8 Å². The summed E-state index contributed by atoms with van der Waals surface area (Å²) in [5.74, 6) is -4.41. The Balaban J connectivity index is 0.00000225. The Morgan fingerprint density at radius 2 is 1.69 bits per heavy atom. The Kier molecular flexibility index (Phi) is 4.91. The number of nitrogen functional groups attached to an aromatic ring is 1. The molecule has 0 unspecified atom stereocenters. The summed E-state index contributed by atoms with van der Waals surface area (Å²) in [5, 5.41) is -0.0874. The zero-order chi connectivity index (χ0) is 11.9. The quantitative estimate of drug-likeness (QED) is 0.480. The van der Waals surface area contributed by atoms with Gasteiger partial charge in [0.15, 0.2) is 0 Å². The van der Waals surface area contributed by atoms with Gasteiger partial charge in [0.25, 0.3) is 0 Å². The highest BCUT2D eigenvalue weighted by Gasteiger charge is 2.56. The summed E-state index contributed by atoms with van der Waals surface area (Å²) in [6.45, 7) is 0. The van der Waals surface area contributed by atoms with Gasteiger partial charge in [0, 0.05) is 10.7 Å². The fourth-order valence-electron chi connectivity index (χ4n) is 0.953. The fraction of sp³-hybridized carbons (Fsp3) is 0.250. The molecule has 2 N–H and O–H groups in total. The fourth-order valence-corrected chi connectivity index (χ4v) is 1.34. The highest BCUT2D eigenvalue weighted by molar-refractivity contribution is 9.10. The van der Waals surface area contributed by atoms with Gasteiger partial charge in [0.05, 0.1) is 5.56 Å². The van der Waals surface area contributed by atoms with Gasteiger partial charge in [-0.1, -0.05) is 11.6 Å². The number of hydrogen-bond acceptors (Lipinski definition) is 1. The lowest BCUT2D eigenvalue weighted by molar-refractivity contribution is -0.153. The molecule has 0 bridgehead atoms. The standard InChI is InChI=1S/C8H5BrClF4N.ClH/c9-8(13,14)7(11,12)5-3-4(10)1-2-6(5)15;/h1-3H,15H2;1H. The van der Waals surface area contributed by atoms with Gasteiger partial charge in [-0.05, 0) is 34.1 Å². The molecule has 0 heterocycles. The molecule has 0 atom stereocenters. The van der Waals surface area contributed by atoms with Crippen LogP contribution < -0.4 is 5.73 Å². The second-order valence-electron chi connectivity index (χ2n) is 2.80. The van der Waals surface area contributed by atoms with Gasteiger partial charge in [0.2, 0.25) is 0 Å². The minimum atomic E-state index is -4.41. The van der Waals surface area contributed by atoms with Crippen molar-refractivity contribution in [1.82, 2.24) is 0 Å². The molecular weight excluding hydrogens is 337 g/mol. The molecular formula is C8H6BrCl2F4N. The van der Waals surface area contributed by atoms with Crippen LogP contribution in [0.25, 0.3) is 0 Å². The van der Waals surface area contributed by atoms with E-state index in [1.807, 2.05) is 0 Å². The molecule has 0 spiro atoms. The van der Waals surface area contributed by atoms with E-state index in [2.05, 4.69) is 0 Å². The lowest BCUT2D eigenvalue weighted by Crippen LogP contribution is -2.32. The summed E-state index contributed by atoms with van der Waals surface area (Å²) in [6, 6.07) is 3.00. The Labute approximate surface area is 108 Å². The minimum Gasteiger partial charge on any atom is -0.398 e. The number of halogens is 7. The first-order valence-corrected chi connectivity index (χ1v) is 4.83. The molecule has 0 amide bonds. The Bertz CT molecular complexity index is 381. The van der Waals surface area contributed by atoms with Crippen LogP contribution in [0, 0.1) is 0 Å². The third-order valence-corrected chi connectivity index (χ3v) is 2.44. The van der Waals surface area contributed by atoms with E-state index >= 15 is 0 Å². The minimum absolute atomic E-state index is 0. The van der Waals surface area contributed by atoms with Crippen LogP contribution in [-0.2, 0) is 5.92 Å². The maximum atomic E-state index is 13.2. The molecule has 0 aliphatic carbocycles. The van der Waals surface area contributed by atoms with Gasteiger partial charge in [-0.15, -0.1) is 12.4 Å². The lowest BCUT2D eigenvalue weighted by Gasteiger charge is -2.23. The highest BCUT2D eigenvalue weighted by Crippen LogP contribution is 2.48. The molecule has 0 aromatic heterocycles. The van der Waals surface area contributed by atoms with E-state index in [9.17, 15) is 17.6 Å². The van der Waals surface area contributed by atoms with E-state index < -0.39 is 22.0 Å². The zero-order valence-electron chi connectivity index (χ0n) is 7.49. The summed E-state index contributed by atoms with van der Waals surface area (Å²) in [6.07, 6.45) is 0. The molecule has 0 fully saturated rings. The van der Waals surface area contributed by atoms with Gasteiger partial charge in [-0.3, -0.25) is 0 Å². The van der Waals surface area contributed by atoms with Crippen molar-refractivity contribution in [3.63, 3.8) is 0 Å². The van der Waals surface area contributed by atoms with Gasteiger partial charge < -0.3 is 5.73 Å². The van der Waals surface area contributed by atoms with Crippen LogP contribution in [0.5, 0.6) is 0 Å². The summed E-state index contributed by atoms with van der Waals surface area (Å²) in [4.78, 5) is -4.38. The Morgan fingerprint density at radius 1 is 1.19 bits per heavy atom. The normalized spacial score (nSPS) is 12.1. The van der Waals surface area contributed by atoms with E-state index in [0.717, 1.165) is 6.07 Å². The van der Waals surface area contributed by atoms with E-state index in [-0.39, 0.29) is 17.4 Å². The van der Waals surface area contributed by atoms with Crippen LogP contribution in [-0.4, -0.2) is 4.83 Å². The van der Waals surface area contributed by atoms with Gasteiger partial charge in [0.1, 0.15) is 0 Å². The number of hydrogen-bond donors (Lipinski definition) is 1. The molecule has 8 heteroatoms. The molecule has 1 rings (SSSR count). The molecule has 0 aliphatic rings. The van der Waals surface area contributed by atoms with E-state index in [0.29, 0.717) is 6.07 Å². The predicted molar refractivity (Wildman–Crippen MR) is 60.9 cm³/mol. The molecule has 0 aliphatic heterocycles. The molecule has 0 radical (unpaired) electrons. The monoisotopic (exact) mass is 341 g/mol. The highest BCUT2D eigenvalue weighted by atomic mass is 79.9. The van der Waals surface area contributed by atoms with Gasteiger partial charge >= 0.3 is 10.8 Å². The van der Waals surface area contributed by atoms with Crippen molar-refractivity contribution in [1.29, 1.82) is 0 Å². The predicted octanol–water partition coefficient (Wildman–Crippen LogP) is 4.42. The zero-order valence-corrected chi connectivity index (χ0v) is 10.6. The number of nitrogens with two attached hydrogens (primary N) is 1. The van der Waals surface area contributed by atoms with Gasteiger partial charge in [-0.2, -0.15) is 17.6 Å². The smallest absolute Gasteiger partial charge is 0.367 e. The number of alkyl halides is 5. The summed E-state index contributed by atoms with van der Waals surface area (Å²) in [7, 11) is 0. The average Bonchev–Trinajstić information content (AvgIpc) is 2.07. The second kappa shape index (κ2) is 4.98. The molecule has 92 valence electrons. The Hall–Kier alpha value is -0.200. The average molecular weight is 343 g/mol. The Morgan fingerprint density at radius 3 is 2.12 bits per heavy atom. The SMILES string of the molecule is Cl.Nc1ccc(Cl)cc1C(F)(F)C(F)(F)Br. The van der Waals surface area contributed by atoms with Crippen LogP contribution in [0.4, 0.5) is 23.2 Å². The van der Waals surface area contributed by atoms with Crippen LogP contribution in [0.1, 0.15) is 5.56 Å². The number of anilines is 1. The molecule has 1 aromatic carbocycles. The maximum absolute atomic E-state index is 13.2. The first-order valence-electron chi connectivity index (χ1n) is 3.66. The van der Waals surface area contributed by atoms with Crippen molar-refractivity contribution < 1.29 is 17.6 Å². The molecule has 0 saturated carbocycles. The largest absolute Gasteiger partial charge is 0.398 e. The van der Waals surface area contributed by atoms with Crippen molar-refractivity contribution >= 4 is 45.6 Å². The van der Waals surface area contributed by atoms with Crippen LogP contribution in [0.2, 0.25) is 5.02 Å². The summed E-state index contributed by atoms with van der Waals surface area (Å²) >= 11 is 7.04. The van der Waals surface area contributed by atoms with E-state index in [1.165, 1.54) is 6.07 Å². The summed E-state index contributed by atoms with van der Waals surface area (Å²) < 4.78 is 51.5. The first kappa shape index (κ1) is 15.8. The molecule has 0 saturated heterocycles. The first-order chi connectivity index (χ1) is 6.66. The maximum Gasteiger partial charge on any atom is 0.367 e. The molecule has 1 aromatic rings. The van der Waals surface area contributed by atoms with Crippen LogP contribution in [0.3, 0.4) is 0 Å². The van der Waals surface area contributed by atoms with E-state index in [4.69, 9.17) is 17.3 Å². The second-order valence-corrected chi connectivity index (χ2v) is 4.24. The topological polar surface area (TPSA) is 26.0 Å². The molecule has 16 heavy (non-hydrogen) atoms. The van der Waals surface area contributed by atoms with Crippen LogP contribution >= 0.6 is 39.9 Å². The van der Waals surface area contributed by atoms with Crippen molar-refractivity contribution in [2.45, 2.75) is 10.8 Å². The van der Waals surface area contributed by atoms with Crippen molar-refractivity contribution in [3.8, 4) is 0 Å². The van der Waals surface area contributed by atoms with Crippen molar-refractivity contribution in [2.24, 2.45) is 0 Å². The van der Waals surface area contributed by atoms with Crippen LogP contribution in [0.15, 0.2) is 18.2 Å².